The highest BCUT2D eigenvalue weighted by molar-refractivity contribution is 5.75. The molecule has 1 aromatic carbocycles. The molecular weight excluding hydrogens is 494 g/mol. The maximum atomic E-state index is 15.1. The lowest BCUT2D eigenvalue weighted by atomic mass is 9.83. The van der Waals surface area contributed by atoms with Gasteiger partial charge in [0.05, 0.1) is 12.0 Å². The Balaban J connectivity index is 1.26. The second-order valence-electron chi connectivity index (χ2n) is 10.8. The van der Waals surface area contributed by atoms with Crippen molar-refractivity contribution in [2.75, 3.05) is 31.1 Å². The second-order valence-corrected chi connectivity index (χ2v) is 10.8. The molecule has 2 aliphatic rings. The molecule has 9 heteroatoms. The fourth-order valence-corrected chi connectivity index (χ4v) is 4.83. The van der Waals surface area contributed by atoms with E-state index >= 15 is 4.39 Å². The summed E-state index contributed by atoms with van der Waals surface area (Å²) in [5.74, 6) is 0.407. The van der Waals surface area contributed by atoms with Crippen molar-refractivity contribution in [3.05, 3.63) is 76.7 Å². The number of anilines is 1. The van der Waals surface area contributed by atoms with Crippen molar-refractivity contribution in [3.8, 4) is 0 Å². The van der Waals surface area contributed by atoms with Crippen LogP contribution in [0.25, 0.3) is 11.9 Å². The SMILES string of the molecule is Cc1cc(C(F)=Cc2ccc(C(C)(C)C(F)(F)F)cc2)nn1Cc1ccnc(N2CCN(C3CC3)CC2)c1. The molecule has 1 aliphatic heterocycles. The van der Waals surface area contributed by atoms with Crippen molar-refractivity contribution in [1.82, 2.24) is 19.7 Å². The van der Waals surface area contributed by atoms with Crippen LogP contribution < -0.4 is 4.90 Å². The first-order valence-corrected chi connectivity index (χ1v) is 13.0. The fourth-order valence-electron chi connectivity index (χ4n) is 4.83. The standard InChI is InChI=1S/C29H33F4N5/c1-20-16-26(25(30)17-21-4-6-23(7-5-21)28(2,3)29(31,32)33)35-38(20)19-22-10-11-34-27(18-22)37-14-12-36(13-15-37)24-8-9-24/h4-7,10-11,16-18,24H,8-9,12-15,19H2,1-3H3. The molecule has 5 nitrogen and oxygen atoms in total. The molecule has 0 amide bonds. The van der Waals surface area contributed by atoms with E-state index in [-0.39, 0.29) is 11.3 Å². The van der Waals surface area contributed by atoms with Crippen LogP contribution >= 0.6 is 0 Å². The number of pyridine rings is 1. The molecule has 0 spiro atoms. The molecule has 3 aromatic rings. The molecule has 0 bridgehead atoms. The monoisotopic (exact) mass is 527 g/mol. The normalized spacial score (nSPS) is 17.8. The molecule has 3 heterocycles. The third-order valence-corrected chi connectivity index (χ3v) is 7.70. The Bertz CT molecular complexity index is 1300. The van der Waals surface area contributed by atoms with E-state index in [2.05, 4.69) is 25.9 Å². The lowest BCUT2D eigenvalue weighted by Gasteiger charge is -2.35. The molecule has 202 valence electrons. The molecule has 2 aromatic heterocycles. The molecule has 0 atom stereocenters. The van der Waals surface area contributed by atoms with Gasteiger partial charge in [-0.1, -0.05) is 24.3 Å². The van der Waals surface area contributed by atoms with Crippen LogP contribution in [0.15, 0.2) is 48.7 Å². The molecule has 1 aliphatic carbocycles. The zero-order valence-electron chi connectivity index (χ0n) is 22.0. The number of hydrogen-bond donors (Lipinski definition) is 0. The Hall–Kier alpha value is -3.20. The van der Waals surface area contributed by atoms with Gasteiger partial charge in [-0.15, -0.1) is 0 Å². The largest absolute Gasteiger partial charge is 0.397 e. The molecule has 0 unspecified atom stereocenters. The second kappa shape index (κ2) is 10.2. The Morgan fingerprint density at radius 1 is 1.00 bits per heavy atom. The third kappa shape index (κ3) is 5.62. The Labute approximate surface area is 220 Å². The van der Waals surface area contributed by atoms with Crippen LogP contribution in [0.1, 0.15) is 54.8 Å². The van der Waals surface area contributed by atoms with Crippen molar-refractivity contribution < 1.29 is 17.6 Å². The van der Waals surface area contributed by atoms with Crippen LogP contribution in [0, 0.1) is 6.92 Å². The zero-order valence-corrected chi connectivity index (χ0v) is 22.0. The van der Waals surface area contributed by atoms with Gasteiger partial charge >= 0.3 is 6.18 Å². The van der Waals surface area contributed by atoms with Crippen molar-refractivity contribution in [2.45, 2.75) is 57.8 Å². The summed E-state index contributed by atoms with van der Waals surface area (Å²) in [4.78, 5) is 9.45. The summed E-state index contributed by atoms with van der Waals surface area (Å²) < 4.78 is 56.8. The minimum absolute atomic E-state index is 0.129. The average molecular weight is 528 g/mol. The fraction of sp³-hybridized carbons (Fsp3) is 0.448. The van der Waals surface area contributed by atoms with E-state index in [1.165, 1.54) is 43.2 Å². The maximum Gasteiger partial charge on any atom is 0.397 e. The van der Waals surface area contributed by atoms with E-state index in [1.54, 1.807) is 10.7 Å². The number of nitrogens with zero attached hydrogens (tertiary/aromatic N) is 5. The molecule has 1 saturated carbocycles. The summed E-state index contributed by atoms with van der Waals surface area (Å²) in [5.41, 5.74) is 0.641. The van der Waals surface area contributed by atoms with E-state index in [1.807, 2.05) is 19.2 Å². The molecule has 1 saturated heterocycles. The number of rotatable bonds is 7. The van der Waals surface area contributed by atoms with E-state index in [0.717, 1.165) is 63.1 Å². The van der Waals surface area contributed by atoms with Gasteiger partial charge in [0.2, 0.25) is 0 Å². The number of aryl methyl sites for hydroxylation is 1. The van der Waals surface area contributed by atoms with Crippen LogP contribution in [-0.4, -0.2) is 58.1 Å². The van der Waals surface area contributed by atoms with Gasteiger partial charge in [0.15, 0.2) is 5.83 Å². The van der Waals surface area contributed by atoms with Gasteiger partial charge in [-0.25, -0.2) is 9.37 Å². The molecule has 0 N–H and O–H groups in total. The predicted octanol–water partition coefficient (Wildman–Crippen LogP) is 6.23. The van der Waals surface area contributed by atoms with Gasteiger partial charge in [-0.3, -0.25) is 9.58 Å². The average Bonchev–Trinajstić information content (AvgIpc) is 3.67. The van der Waals surface area contributed by atoms with Gasteiger partial charge in [0, 0.05) is 44.1 Å². The summed E-state index contributed by atoms with van der Waals surface area (Å²) in [7, 11) is 0. The minimum Gasteiger partial charge on any atom is -0.354 e. The van der Waals surface area contributed by atoms with Gasteiger partial charge in [0.25, 0.3) is 0 Å². The Kier molecular flexibility index (Phi) is 7.07. The Morgan fingerprint density at radius 3 is 2.32 bits per heavy atom. The highest BCUT2D eigenvalue weighted by Gasteiger charge is 2.48. The molecular formula is C29H33F4N5. The predicted molar refractivity (Wildman–Crippen MR) is 142 cm³/mol. The summed E-state index contributed by atoms with van der Waals surface area (Å²) in [6.45, 7) is 8.67. The van der Waals surface area contributed by atoms with E-state index in [0.29, 0.717) is 12.1 Å². The van der Waals surface area contributed by atoms with Crippen LogP contribution in [0.4, 0.5) is 23.4 Å². The van der Waals surface area contributed by atoms with Crippen molar-refractivity contribution in [3.63, 3.8) is 0 Å². The van der Waals surface area contributed by atoms with Crippen LogP contribution in [0.5, 0.6) is 0 Å². The molecule has 0 radical (unpaired) electrons. The van der Waals surface area contributed by atoms with E-state index in [9.17, 15) is 13.2 Å². The number of halogens is 4. The van der Waals surface area contributed by atoms with Crippen LogP contribution in [-0.2, 0) is 12.0 Å². The number of piperazine rings is 1. The van der Waals surface area contributed by atoms with Gasteiger partial charge in [-0.2, -0.15) is 18.3 Å². The summed E-state index contributed by atoms with van der Waals surface area (Å²) in [6, 6.07) is 12.2. The molecule has 2 fully saturated rings. The van der Waals surface area contributed by atoms with Crippen molar-refractivity contribution >= 4 is 17.7 Å². The van der Waals surface area contributed by atoms with E-state index in [4.69, 9.17) is 0 Å². The minimum atomic E-state index is -4.37. The number of alkyl halides is 3. The quantitative estimate of drug-likeness (QED) is 0.342. The van der Waals surface area contributed by atoms with E-state index < -0.39 is 17.4 Å². The topological polar surface area (TPSA) is 37.2 Å². The van der Waals surface area contributed by atoms with Gasteiger partial charge < -0.3 is 4.90 Å². The zero-order chi connectivity index (χ0) is 27.1. The van der Waals surface area contributed by atoms with Gasteiger partial charge in [-0.05, 0) is 74.6 Å². The number of hydrogen-bond acceptors (Lipinski definition) is 4. The van der Waals surface area contributed by atoms with Crippen LogP contribution in [0.2, 0.25) is 0 Å². The first-order valence-electron chi connectivity index (χ1n) is 13.0. The summed E-state index contributed by atoms with van der Waals surface area (Å²) in [5, 5.41) is 4.45. The first kappa shape index (κ1) is 26.4. The Morgan fingerprint density at radius 2 is 1.68 bits per heavy atom. The number of benzene rings is 1. The summed E-state index contributed by atoms with van der Waals surface area (Å²) >= 11 is 0. The number of aromatic nitrogens is 3. The van der Waals surface area contributed by atoms with Crippen molar-refractivity contribution in [1.29, 1.82) is 0 Å². The van der Waals surface area contributed by atoms with Crippen LogP contribution in [0.3, 0.4) is 0 Å². The lowest BCUT2D eigenvalue weighted by molar-refractivity contribution is -0.180. The smallest absolute Gasteiger partial charge is 0.354 e. The molecule has 38 heavy (non-hydrogen) atoms. The van der Waals surface area contributed by atoms with Gasteiger partial charge in [0.1, 0.15) is 11.5 Å². The lowest BCUT2D eigenvalue weighted by Crippen LogP contribution is -2.47. The first-order chi connectivity index (χ1) is 18.0. The molecule has 5 rings (SSSR count). The highest BCUT2D eigenvalue weighted by atomic mass is 19.4. The maximum absolute atomic E-state index is 15.1. The third-order valence-electron chi connectivity index (χ3n) is 7.70. The highest BCUT2D eigenvalue weighted by Crippen LogP contribution is 2.40. The van der Waals surface area contributed by atoms with Crippen molar-refractivity contribution in [2.24, 2.45) is 0 Å². The summed E-state index contributed by atoms with van der Waals surface area (Å²) in [6.07, 6.45) is 1.37.